The minimum Gasteiger partial charge on any atom is -0.481 e. The van der Waals surface area contributed by atoms with Crippen molar-refractivity contribution >= 4 is 23.4 Å². The molecule has 2 N–H and O–H groups in total. The zero-order valence-corrected chi connectivity index (χ0v) is 19.0. The molecular formula is C23H22ClF2N5O3. The summed E-state index contributed by atoms with van der Waals surface area (Å²) >= 11 is 6.21. The van der Waals surface area contributed by atoms with Gasteiger partial charge in [0.1, 0.15) is 0 Å². The van der Waals surface area contributed by atoms with Crippen LogP contribution in [0.4, 0.5) is 8.78 Å². The first-order valence-corrected chi connectivity index (χ1v) is 11.0. The van der Waals surface area contributed by atoms with Crippen LogP contribution in [0.15, 0.2) is 36.5 Å². The molecule has 4 rings (SSSR count). The number of rotatable bonds is 6. The smallest absolute Gasteiger partial charge is 0.274 e. The lowest BCUT2D eigenvalue weighted by Crippen LogP contribution is -2.43. The van der Waals surface area contributed by atoms with Crippen LogP contribution in [-0.2, 0) is 11.3 Å². The summed E-state index contributed by atoms with van der Waals surface area (Å²) in [5, 5.41) is 9.97. The number of likely N-dealkylation sites (tertiary alicyclic amines) is 1. The quantitative estimate of drug-likeness (QED) is 0.551. The maximum absolute atomic E-state index is 13.8. The molecule has 0 bridgehead atoms. The van der Waals surface area contributed by atoms with Crippen molar-refractivity contribution < 1.29 is 23.1 Å². The number of pyridine rings is 1. The molecule has 0 saturated carbocycles. The first-order chi connectivity index (χ1) is 16.4. The summed E-state index contributed by atoms with van der Waals surface area (Å²) < 4.78 is 32.2. The summed E-state index contributed by atoms with van der Waals surface area (Å²) in [6.07, 6.45) is 2.36. The van der Waals surface area contributed by atoms with Gasteiger partial charge in [-0.3, -0.25) is 14.7 Å². The number of carbonyl (C=O) groups is 2. The number of H-pyrrole nitrogens is 1. The number of methoxy groups -OCH3 is 1. The summed E-state index contributed by atoms with van der Waals surface area (Å²) in [4.78, 5) is 31.0. The first kappa shape index (κ1) is 23.6. The Labute approximate surface area is 199 Å². The third-order valence-corrected chi connectivity index (χ3v) is 6.07. The van der Waals surface area contributed by atoms with Gasteiger partial charge in [0, 0.05) is 42.7 Å². The van der Waals surface area contributed by atoms with Gasteiger partial charge in [0.25, 0.3) is 5.91 Å². The highest BCUT2D eigenvalue weighted by Crippen LogP contribution is 2.29. The number of amides is 2. The molecule has 1 aliphatic rings. The highest BCUT2D eigenvalue weighted by atomic mass is 35.5. The molecule has 11 heteroatoms. The van der Waals surface area contributed by atoms with Gasteiger partial charge in [0.15, 0.2) is 17.3 Å². The molecule has 1 aliphatic heterocycles. The number of hydrogen-bond acceptors (Lipinski definition) is 5. The van der Waals surface area contributed by atoms with Crippen LogP contribution in [0.25, 0.3) is 11.3 Å². The number of ether oxygens (including phenoxy) is 1. The van der Waals surface area contributed by atoms with E-state index >= 15 is 0 Å². The van der Waals surface area contributed by atoms with Crippen LogP contribution in [0.2, 0.25) is 5.02 Å². The van der Waals surface area contributed by atoms with Crippen LogP contribution >= 0.6 is 11.6 Å². The van der Waals surface area contributed by atoms with Crippen molar-refractivity contribution in [3.8, 4) is 17.1 Å². The Morgan fingerprint density at radius 3 is 2.76 bits per heavy atom. The monoisotopic (exact) mass is 489 g/mol. The fourth-order valence-electron chi connectivity index (χ4n) is 3.83. The van der Waals surface area contributed by atoms with E-state index in [0.717, 1.165) is 6.07 Å². The second-order valence-electron chi connectivity index (χ2n) is 7.87. The molecule has 1 fully saturated rings. The number of nitrogens with zero attached hydrogens (tertiary/aromatic N) is 3. The van der Waals surface area contributed by atoms with Gasteiger partial charge in [-0.15, -0.1) is 0 Å². The van der Waals surface area contributed by atoms with Gasteiger partial charge in [-0.25, -0.2) is 13.8 Å². The highest BCUT2D eigenvalue weighted by molar-refractivity contribution is 6.33. The Bertz CT molecular complexity index is 1210. The summed E-state index contributed by atoms with van der Waals surface area (Å²) in [7, 11) is 1.49. The number of carbonyl (C=O) groups excluding carboxylic acids is 2. The number of piperidine rings is 1. The minimum absolute atomic E-state index is 0.0854. The SMILES string of the molecule is COc1cc(-c2cc(C(=O)N3CCC(C(=O)NCc4cccc(F)c4F)CC3)n[nH]2)c(Cl)cn1. The number of benzene rings is 1. The van der Waals surface area contributed by atoms with Crippen molar-refractivity contribution in [3.05, 3.63) is 64.4 Å². The van der Waals surface area contributed by atoms with Crippen molar-refractivity contribution in [2.24, 2.45) is 5.92 Å². The van der Waals surface area contributed by atoms with Gasteiger partial charge in [-0.1, -0.05) is 23.7 Å². The molecule has 1 saturated heterocycles. The van der Waals surface area contributed by atoms with Gasteiger partial charge in [-0.2, -0.15) is 5.10 Å². The molecule has 2 amide bonds. The van der Waals surface area contributed by atoms with Crippen LogP contribution in [0.1, 0.15) is 28.9 Å². The van der Waals surface area contributed by atoms with Crippen LogP contribution in [0.5, 0.6) is 5.88 Å². The van der Waals surface area contributed by atoms with Crippen molar-refractivity contribution in [1.82, 2.24) is 25.4 Å². The van der Waals surface area contributed by atoms with Gasteiger partial charge >= 0.3 is 0 Å². The number of nitrogens with one attached hydrogen (secondary N) is 2. The molecule has 34 heavy (non-hydrogen) atoms. The largest absolute Gasteiger partial charge is 0.481 e. The fraction of sp³-hybridized carbons (Fsp3) is 0.304. The number of aromatic nitrogens is 3. The normalized spacial score (nSPS) is 14.2. The Kier molecular flexibility index (Phi) is 7.06. The second kappa shape index (κ2) is 10.2. The molecule has 178 valence electrons. The summed E-state index contributed by atoms with van der Waals surface area (Å²) in [5.74, 6) is -2.38. The van der Waals surface area contributed by atoms with Gasteiger partial charge in [-0.05, 0) is 25.0 Å². The number of halogens is 3. The van der Waals surface area contributed by atoms with Crippen molar-refractivity contribution in [3.63, 3.8) is 0 Å². The second-order valence-corrected chi connectivity index (χ2v) is 8.28. The Hall–Kier alpha value is -3.53. The van der Waals surface area contributed by atoms with Crippen molar-refractivity contribution in [2.75, 3.05) is 20.2 Å². The summed E-state index contributed by atoms with van der Waals surface area (Å²) in [6.45, 7) is 0.647. The molecule has 0 spiro atoms. The summed E-state index contributed by atoms with van der Waals surface area (Å²) in [6, 6.07) is 7.09. The van der Waals surface area contributed by atoms with Crippen LogP contribution in [-0.4, -0.2) is 52.1 Å². The summed E-state index contributed by atoms with van der Waals surface area (Å²) in [5.41, 5.74) is 1.46. The van der Waals surface area contributed by atoms with E-state index in [1.54, 1.807) is 17.0 Å². The fourth-order valence-corrected chi connectivity index (χ4v) is 4.03. The third-order valence-electron chi connectivity index (χ3n) is 5.76. The average molecular weight is 490 g/mol. The van der Waals surface area contributed by atoms with E-state index in [9.17, 15) is 18.4 Å². The van der Waals surface area contributed by atoms with E-state index in [1.807, 2.05) is 0 Å². The first-order valence-electron chi connectivity index (χ1n) is 10.6. The maximum atomic E-state index is 13.8. The number of aromatic amines is 1. The van der Waals surface area contributed by atoms with E-state index in [1.165, 1.54) is 25.4 Å². The highest BCUT2D eigenvalue weighted by Gasteiger charge is 2.29. The minimum atomic E-state index is -0.965. The molecule has 2 aromatic heterocycles. The van der Waals surface area contributed by atoms with E-state index in [4.69, 9.17) is 16.3 Å². The Morgan fingerprint density at radius 1 is 1.26 bits per heavy atom. The van der Waals surface area contributed by atoms with Gasteiger partial charge in [0.05, 0.1) is 24.0 Å². The van der Waals surface area contributed by atoms with Crippen molar-refractivity contribution in [1.29, 1.82) is 0 Å². The van der Waals surface area contributed by atoms with Gasteiger partial charge in [0.2, 0.25) is 11.8 Å². The molecule has 0 radical (unpaired) electrons. The zero-order valence-electron chi connectivity index (χ0n) is 18.3. The van der Waals surface area contributed by atoms with Gasteiger partial charge < -0.3 is 15.0 Å². The molecule has 1 aromatic carbocycles. The molecular weight excluding hydrogens is 468 g/mol. The lowest BCUT2D eigenvalue weighted by atomic mass is 9.95. The molecule has 0 atom stereocenters. The molecule has 0 unspecified atom stereocenters. The average Bonchev–Trinajstić information content (AvgIpc) is 3.35. The van der Waals surface area contributed by atoms with E-state index < -0.39 is 11.6 Å². The zero-order chi connectivity index (χ0) is 24.2. The topological polar surface area (TPSA) is 100 Å². The Morgan fingerprint density at radius 2 is 2.03 bits per heavy atom. The Balaban J connectivity index is 1.33. The van der Waals surface area contributed by atoms with E-state index in [-0.39, 0.29) is 35.5 Å². The van der Waals surface area contributed by atoms with Crippen molar-refractivity contribution in [2.45, 2.75) is 19.4 Å². The molecule has 8 nitrogen and oxygen atoms in total. The van der Waals surface area contributed by atoms with Crippen LogP contribution in [0, 0.1) is 17.6 Å². The molecule has 3 heterocycles. The lowest BCUT2D eigenvalue weighted by molar-refractivity contribution is -0.126. The predicted octanol–water partition coefficient (Wildman–Crippen LogP) is 3.58. The van der Waals surface area contributed by atoms with E-state index in [0.29, 0.717) is 48.1 Å². The lowest BCUT2D eigenvalue weighted by Gasteiger charge is -2.30. The van der Waals surface area contributed by atoms with Crippen LogP contribution in [0.3, 0.4) is 0 Å². The predicted molar refractivity (Wildman–Crippen MR) is 120 cm³/mol. The standard InChI is InChI=1S/C23H22ClF2N5O3/c1-34-20-9-15(16(24)12-27-20)18-10-19(30-29-18)23(33)31-7-5-13(6-8-31)22(32)28-11-14-3-2-4-17(25)21(14)26/h2-4,9-10,12-13H,5-8,11H2,1H3,(H,28,32)(H,29,30). The third kappa shape index (κ3) is 5.01. The number of hydrogen-bond donors (Lipinski definition) is 2. The maximum Gasteiger partial charge on any atom is 0.274 e. The molecule has 0 aliphatic carbocycles. The van der Waals surface area contributed by atoms with E-state index in [2.05, 4.69) is 20.5 Å². The molecule has 3 aromatic rings. The van der Waals surface area contributed by atoms with Crippen LogP contribution < -0.4 is 10.1 Å².